The third-order valence-corrected chi connectivity index (χ3v) is 2.51. The Hall–Kier alpha value is -1.21. The van der Waals surface area contributed by atoms with Gasteiger partial charge in [-0.2, -0.15) is 17.0 Å². The number of rotatable bonds is 5. The van der Waals surface area contributed by atoms with Crippen molar-refractivity contribution in [3.8, 4) is 11.8 Å². The van der Waals surface area contributed by atoms with Gasteiger partial charge in [-0.15, -0.1) is 0 Å². The predicted octanol–water partition coefficient (Wildman–Crippen LogP) is 2.83. The lowest BCUT2D eigenvalue weighted by molar-refractivity contribution is 0.302. The molecule has 4 heteroatoms. The van der Waals surface area contributed by atoms with Crippen LogP contribution in [0.15, 0.2) is 18.2 Å². The molecule has 1 aromatic carbocycles. The van der Waals surface area contributed by atoms with Gasteiger partial charge in [-0.3, -0.25) is 0 Å². The van der Waals surface area contributed by atoms with Crippen LogP contribution < -0.4 is 4.74 Å². The van der Waals surface area contributed by atoms with Crippen molar-refractivity contribution in [2.45, 2.75) is 6.42 Å². The molecule has 0 aromatic heterocycles. The fourth-order valence-electron chi connectivity index (χ4n) is 1.07. The van der Waals surface area contributed by atoms with Crippen LogP contribution in [-0.2, 0) is 0 Å². The van der Waals surface area contributed by atoms with Gasteiger partial charge >= 0.3 is 0 Å². The first kappa shape index (κ1) is 11.9. The smallest absolute Gasteiger partial charge is 0.166 e. The van der Waals surface area contributed by atoms with Gasteiger partial charge in [-0.25, -0.2) is 4.39 Å². The van der Waals surface area contributed by atoms with Crippen molar-refractivity contribution in [1.82, 2.24) is 0 Å². The highest BCUT2D eigenvalue weighted by molar-refractivity contribution is 7.98. The average Bonchev–Trinajstić information content (AvgIpc) is 2.26. The molecule has 0 heterocycles. The summed E-state index contributed by atoms with van der Waals surface area (Å²) in [7, 11) is 0. The Morgan fingerprint density at radius 3 is 2.93 bits per heavy atom. The number of ether oxygens (including phenoxy) is 1. The zero-order valence-corrected chi connectivity index (χ0v) is 9.31. The largest absolute Gasteiger partial charge is 0.490 e. The molecule has 0 bridgehead atoms. The Labute approximate surface area is 93.1 Å². The van der Waals surface area contributed by atoms with E-state index in [-0.39, 0.29) is 5.75 Å². The molecule has 0 radical (unpaired) electrons. The van der Waals surface area contributed by atoms with Gasteiger partial charge in [-0.05, 0) is 36.6 Å². The molecule has 0 atom stereocenters. The van der Waals surface area contributed by atoms with Gasteiger partial charge in [0.2, 0.25) is 0 Å². The minimum Gasteiger partial charge on any atom is -0.490 e. The molecule has 1 aromatic rings. The highest BCUT2D eigenvalue weighted by Crippen LogP contribution is 2.18. The summed E-state index contributed by atoms with van der Waals surface area (Å²) in [6.45, 7) is 0.504. The highest BCUT2D eigenvalue weighted by Gasteiger charge is 2.03. The normalized spacial score (nSPS) is 9.67. The van der Waals surface area contributed by atoms with Crippen LogP contribution in [0, 0.1) is 17.1 Å². The van der Waals surface area contributed by atoms with Crippen LogP contribution in [0.25, 0.3) is 0 Å². The van der Waals surface area contributed by atoms with E-state index in [1.54, 1.807) is 17.8 Å². The molecule has 15 heavy (non-hydrogen) atoms. The number of halogens is 1. The van der Waals surface area contributed by atoms with Gasteiger partial charge in [0.25, 0.3) is 0 Å². The maximum atomic E-state index is 13.3. The molecule has 1 rings (SSSR count). The zero-order chi connectivity index (χ0) is 11.1. The van der Waals surface area contributed by atoms with Crippen LogP contribution in [0.4, 0.5) is 4.39 Å². The molecule has 0 aliphatic rings. The fraction of sp³-hybridized carbons (Fsp3) is 0.364. The van der Waals surface area contributed by atoms with Gasteiger partial charge in [-0.1, -0.05) is 0 Å². The predicted molar refractivity (Wildman–Crippen MR) is 59.6 cm³/mol. The molecular formula is C11H12FNOS. The summed E-state index contributed by atoms with van der Waals surface area (Å²) in [5, 5.41) is 8.54. The summed E-state index contributed by atoms with van der Waals surface area (Å²) in [5.74, 6) is 0.742. The topological polar surface area (TPSA) is 33.0 Å². The molecule has 0 aliphatic carbocycles. The molecule has 2 nitrogen and oxygen atoms in total. The number of nitrogens with zero attached hydrogens (tertiary/aromatic N) is 1. The lowest BCUT2D eigenvalue weighted by atomic mass is 10.2. The van der Waals surface area contributed by atoms with Crippen LogP contribution in [0.2, 0.25) is 0 Å². The molecule has 0 unspecified atom stereocenters. The van der Waals surface area contributed by atoms with E-state index in [9.17, 15) is 4.39 Å². The SMILES string of the molecule is CSCCCOc1ccc(C#N)cc1F. The summed E-state index contributed by atoms with van der Waals surface area (Å²) in [4.78, 5) is 0. The van der Waals surface area contributed by atoms with Crippen LogP contribution in [0.5, 0.6) is 5.75 Å². The molecule has 0 amide bonds. The van der Waals surface area contributed by atoms with Crippen molar-refractivity contribution in [2.24, 2.45) is 0 Å². The van der Waals surface area contributed by atoms with E-state index in [1.165, 1.54) is 12.1 Å². The van der Waals surface area contributed by atoms with Crippen LogP contribution in [0.3, 0.4) is 0 Å². The van der Waals surface area contributed by atoms with E-state index >= 15 is 0 Å². The number of hydrogen-bond acceptors (Lipinski definition) is 3. The van der Waals surface area contributed by atoms with E-state index in [0.717, 1.165) is 12.2 Å². The molecule has 0 N–H and O–H groups in total. The summed E-state index contributed by atoms with van der Waals surface area (Å²) in [6.07, 6.45) is 2.91. The lowest BCUT2D eigenvalue weighted by Gasteiger charge is -2.06. The second-order valence-corrected chi connectivity index (χ2v) is 3.94. The maximum absolute atomic E-state index is 13.3. The minimum absolute atomic E-state index is 0.218. The van der Waals surface area contributed by atoms with Crippen molar-refractivity contribution in [3.63, 3.8) is 0 Å². The number of thioether (sulfide) groups is 1. The Morgan fingerprint density at radius 2 is 2.33 bits per heavy atom. The summed E-state index contributed by atoms with van der Waals surface area (Å²) >= 11 is 1.73. The third kappa shape index (κ3) is 3.80. The van der Waals surface area contributed by atoms with Crippen molar-refractivity contribution < 1.29 is 9.13 Å². The maximum Gasteiger partial charge on any atom is 0.166 e. The van der Waals surface area contributed by atoms with Crippen molar-refractivity contribution in [1.29, 1.82) is 5.26 Å². The molecule has 0 aliphatic heterocycles. The lowest BCUT2D eigenvalue weighted by Crippen LogP contribution is -2.00. The minimum atomic E-state index is -0.474. The van der Waals surface area contributed by atoms with Crippen molar-refractivity contribution in [3.05, 3.63) is 29.6 Å². The molecule has 80 valence electrons. The van der Waals surface area contributed by atoms with Gasteiger partial charge < -0.3 is 4.74 Å². The summed E-state index contributed by atoms with van der Waals surface area (Å²) in [5.41, 5.74) is 0.309. The second-order valence-electron chi connectivity index (χ2n) is 2.95. The van der Waals surface area contributed by atoms with Crippen molar-refractivity contribution >= 4 is 11.8 Å². The Kier molecular flexibility index (Phi) is 4.99. The van der Waals surface area contributed by atoms with Crippen LogP contribution >= 0.6 is 11.8 Å². The van der Waals surface area contributed by atoms with Gasteiger partial charge in [0.15, 0.2) is 11.6 Å². The average molecular weight is 225 g/mol. The van der Waals surface area contributed by atoms with Crippen molar-refractivity contribution in [2.75, 3.05) is 18.6 Å². The Morgan fingerprint density at radius 1 is 1.53 bits per heavy atom. The standard InChI is InChI=1S/C11H12FNOS/c1-15-6-2-5-14-11-4-3-9(8-13)7-10(11)12/h3-4,7H,2,5-6H2,1H3. The molecule has 0 fully saturated rings. The van der Waals surface area contributed by atoms with Gasteiger partial charge in [0, 0.05) is 0 Å². The first-order chi connectivity index (χ1) is 7.27. The second kappa shape index (κ2) is 6.31. The fourth-order valence-corrected chi connectivity index (χ4v) is 1.48. The van der Waals surface area contributed by atoms with Crippen LogP contribution in [0.1, 0.15) is 12.0 Å². The Bertz CT molecular complexity index is 362. The monoisotopic (exact) mass is 225 g/mol. The first-order valence-corrected chi connectivity index (χ1v) is 5.98. The summed E-state index contributed by atoms with van der Waals surface area (Å²) < 4.78 is 18.5. The first-order valence-electron chi connectivity index (χ1n) is 4.59. The molecule has 0 saturated heterocycles. The molecule has 0 saturated carbocycles. The molecule has 0 spiro atoms. The Balaban J connectivity index is 2.52. The molecular weight excluding hydrogens is 213 g/mol. The zero-order valence-electron chi connectivity index (χ0n) is 8.50. The summed E-state index contributed by atoms with van der Waals surface area (Å²) in [6, 6.07) is 6.10. The van der Waals surface area contributed by atoms with E-state index in [1.807, 2.05) is 12.3 Å². The van der Waals surface area contributed by atoms with E-state index in [4.69, 9.17) is 10.00 Å². The van der Waals surface area contributed by atoms with Crippen LogP contribution in [-0.4, -0.2) is 18.6 Å². The third-order valence-electron chi connectivity index (χ3n) is 1.81. The number of benzene rings is 1. The van der Waals surface area contributed by atoms with E-state index in [0.29, 0.717) is 12.2 Å². The quantitative estimate of drug-likeness (QED) is 0.722. The van der Waals surface area contributed by atoms with Gasteiger partial charge in [0.05, 0.1) is 18.2 Å². The van der Waals surface area contributed by atoms with E-state index < -0.39 is 5.82 Å². The number of nitriles is 1. The number of hydrogen-bond donors (Lipinski definition) is 0. The highest BCUT2D eigenvalue weighted by atomic mass is 32.2. The van der Waals surface area contributed by atoms with E-state index in [2.05, 4.69) is 0 Å². The van der Waals surface area contributed by atoms with Gasteiger partial charge in [0.1, 0.15) is 0 Å².